The predicted molar refractivity (Wildman–Crippen MR) is 112 cm³/mol. The van der Waals surface area contributed by atoms with E-state index in [1.54, 1.807) is 6.07 Å². The molecule has 2 N–H and O–H groups in total. The molecule has 0 unspecified atom stereocenters. The molecular formula is C19H14N5O6S-. The lowest BCUT2D eigenvalue weighted by atomic mass is 10.2. The van der Waals surface area contributed by atoms with E-state index >= 15 is 0 Å². The van der Waals surface area contributed by atoms with Gasteiger partial charge < -0.3 is 15.6 Å². The second kappa shape index (κ2) is 9.17. The number of benzene rings is 2. The van der Waals surface area contributed by atoms with E-state index in [4.69, 9.17) is 5.73 Å². The van der Waals surface area contributed by atoms with Crippen molar-refractivity contribution in [1.82, 2.24) is 0 Å². The molecular weight excluding hydrogens is 426 g/mol. The number of nitrogens with two attached hydrogens (primary N) is 1. The van der Waals surface area contributed by atoms with Crippen LogP contribution in [0, 0.1) is 10.1 Å². The summed E-state index contributed by atoms with van der Waals surface area (Å²) < 4.78 is 0. The van der Waals surface area contributed by atoms with E-state index in [-0.39, 0.29) is 34.1 Å². The quantitative estimate of drug-likeness (QED) is 0.224. The van der Waals surface area contributed by atoms with E-state index in [9.17, 15) is 29.6 Å². The van der Waals surface area contributed by atoms with Crippen LogP contribution in [0.15, 0.2) is 58.7 Å². The molecule has 1 aliphatic rings. The molecule has 0 bridgehead atoms. The average Bonchev–Trinajstić information content (AvgIpc) is 3.01. The molecule has 2 aromatic rings. The van der Waals surface area contributed by atoms with Crippen LogP contribution >= 0.6 is 11.8 Å². The topological polar surface area (TPSA) is 171 Å². The third-order valence-electron chi connectivity index (χ3n) is 4.19. The Morgan fingerprint density at radius 1 is 1.23 bits per heavy atom. The van der Waals surface area contributed by atoms with Gasteiger partial charge in [-0.3, -0.25) is 19.7 Å². The largest absolute Gasteiger partial charge is 0.545 e. The third kappa shape index (κ3) is 4.93. The summed E-state index contributed by atoms with van der Waals surface area (Å²) in [5.74, 6) is -2.53. The monoisotopic (exact) mass is 440 g/mol. The Morgan fingerprint density at radius 3 is 2.68 bits per heavy atom. The van der Waals surface area contributed by atoms with E-state index in [0.29, 0.717) is 0 Å². The van der Waals surface area contributed by atoms with Gasteiger partial charge in [-0.05, 0) is 23.8 Å². The highest BCUT2D eigenvalue weighted by Gasteiger charge is 2.40. The van der Waals surface area contributed by atoms with Crippen molar-refractivity contribution in [2.75, 3.05) is 4.90 Å². The van der Waals surface area contributed by atoms with Gasteiger partial charge in [0.1, 0.15) is 5.25 Å². The van der Waals surface area contributed by atoms with Gasteiger partial charge in [-0.2, -0.15) is 5.10 Å². The number of amides is 2. The van der Waals surface area contributed by atoms with Crippen molar-refractivity contribution in [1.29, 1.82) is 0 Å². The number of carboxylic acid groups (broad SMARTS) is 1. The third-order valence-corrected chi connectivity index (χ3v) is 5.17. The minimum atomic E-state index is -1.43. The Kier molecular flexibility index (Phi) is 6.40. The fraction of sp³-hybridized carbons (Fsp3) is 0.105. The van der Waals surface area contributed by atoms with Gasteiger partial charge >= 0.3 is 0 Å². The molecule has 12 heteroatoms. The summed E-state index contributed by atoms with van der Waals surface area (Å²) in [4.78, 5) is 47.3. The molecule has 1 saturated heterocycles. The first-order valence-corrected chi connectivity index (χ1v) is 9.60. The fourth-order valence-electron chi connectivity index (χ4n) is 2.82. The van der Waals surface area contributed by atoms with Crippen LogP contribution in [0.3, 0.4) is 0 Å². The van der Waals surface area contributed by atoms with Crippen LogP contribution in [0.5, 0.6) is 0 Å². The van der Waals surface area contributed by atoms with E-state index in [2.05, 4.69) is 10.2 Å². The number of amidine groups is 1. The molecule has 0 radical (unpaired) electrons. The predicted octanol–water partition coefficient (Wildman–Crippen LogP) is 0.672. The van der Waals surface area contributed by atoms with Gasteiger partial charge in [0.2, 0.25) is 11.8 Å². The number of hydrogen-bond donors (Lipinski definition) is 1. The molecule has 3 rings (SSSR count). The standard InChI is InChI=1S/C19H15N5O6S/c20-19(22-21-10-12-4-1-2-7-14(12)24(29)30)31-15-9-16(25)23(17(15)26)13-6-3-5-11(8-13)18(27)28/h1-8,10,15H,9H2,(H2,20,22)(H,27,28)/p-1/b21-10-/t15-/m0/s1. The number of carboxylic acids is 1. The average molecular weight is 440 g/mol. The van der Waals surface area contributed by atoms with Gasteiger partial charge in [0.05, 0.1) is 28.4 Å². The summed E-state index contributed by atoms with van der Waals surface area (Å²) >= 11 is 0.813. The smallest absolute Gasteiger partial charge is 0.278 e. The zero-order valence-electron chi connectivity index (χ0n) is 15.7. The maximum atomic E-state index is 12.6. The molecule has 31 heavy (non-hydrogen) atoms. The molecule has 0 spiro atoms. The van der Waals surface area contributed by atoms with Crippen molar-refractivity contribution >= 4 is 52.3 Å². The number of nitrogens with zero attached hydrogens (tertiary/aromatic N) is 4. The molecule has 11 nitrogen and oxygen atoms in total. The Balaban J connectivity index is 1.71. The Morgan fingerprint density at radius 2 is 1.97 bits per heavy atom. The van der Waals surface area contributed by atoms with Crippen molar-refractivity contribution in [2.45, 2.75) is 11.7 Å². The number of nitro benzene ring substituents is 1. The highest BCUT2D eigenvalue weighted by atomic mass is 32.2. The van der Waals surface area contributed by atoms with Crippen molar-refractivity contribution in [3.05, 3.63) is 69.8 Å². The van der Waals surface area contributed by atoms with E-state index in [0.717, 1.165) is 22.9 Å². The van der Waals surface area contributed by atoms with Gasteiger partial charge in [0, 0.05) is 12.5 Å². The molecule has 0 saturated carbocycles. The van der Waals surface area contributed by atoms with E-state index in [1.807, 2.05) is 0 Å². The van der Waals surface area contributed by atoms with Crippen LogP contribution in [0.2, 0.25) is 0 Å². The number of anilines is 1. The number of thioether (sulfide) groups is 1. The minimum Gasteiger partial charge on any atom is -0.545 e. The number of hydrogen-bond acceptors (Lipinski definition) is 9. The van der Waals surface area contributed by atoms with Crippen LogP contribution in [-0.2, 0) is 9.59 Å². The van der Waals surface area contributed by atoms with E-state index in [1.165, 1.54) is 42.5 Å². The lowest BCUT2D eigenvalue weighted by Crippen LogP contribution is -2.32. The molecule has 0 aromatic heterocycles. The maximum absolute atomic E-state index is 12.6. The number of nitro groups is 1. The van der Waals surface area contributed by atoms with Crippen LogP contribution in [0.1, 0.15) is 22.3 Å². The maximum Gasteiger partial charge on any atom is 0.278 e. The first-order chi connectivity index (χ1) is 14.8. The Bertz CT molecular complexity index is 1130. The second-order valence-corrected chi connectivity index (χ2v) is 7.44. The van der Waals surface area contributed by atoms with Crippen LogP contribution in [-0.4, -0.2) is 39.3 Å². The minimum absolute atomic E-state index is 0.115. The van der Waals surface area contributed by atoms with Crippen LogP contribution in [0.4, 0.5) is 11.4 Å². The zero-order valence-corrected chi connectivity index (χ0v) is 16.5. The summed E-state index contributed by atoms with van der Waals surface area (Å²) in [6, 6.07) is 11.2. The number of rotatable bonds is 6. The molecule has 158 valence electrons. The fourth-order valence-corrected chi connectivity index (χ4v) is 3.64. The van der Waals surface area contributed by atoms with Crippen molar-refractivity contribution in [3.63, 3.8) is 0 Å². The first kappa shape index (κ1) is 21.6. The van der Waals surface area contributed by atoms with Crippen LogP contribution < -0.4 is 15.7 Å². The van der Waals surface area contributed by atoms with Gasteiger partial charge in [-0.25, -0.2) is 4.90 Å². The van der Waals surface area contributed by atoms with Crippen molar-refractivity contribution in [3.8, 4) is 0 Å². The molecule has 1 aliphatic heterocycles. The molecule has 2 amide bonds. The number of para-hydroxylation sites is 1. The molecule has 1 fully saturated rings. The Hall–Kier alpha value is -4.06. The van der Waals surface area contributed by atoms with Gasteiger partial charge in [0.15, 0.2) is 5.17 Å². The second-order valence-electron chi connectivity index (χ2n) is 6.21. The lowest BCUT2D eigenvalue weighted by molar-refractivity contribution is -0.385. The zero-order chi connectivity index (χ0) is 22.5. The number of carbonyl (C=O) groups is 3. The molecule has 1 atom stereocenters. The number of imide groups is 1. The highest BCUT2D eigenvalue weighted by Crippen LogP contribution is 2.30. The summed E-state index contributed by atoms with van der Waals surface area (Å²) in [6.07, 6.45) is 0.994. The summed E-state index contributed by atoms with van der Waals surface area (Å²) in [7, 11) is 0. The van der Waals surface area contributed by atoms with Crippen molar-refractivity contribution in [2.24, 2.45) is 15.9 Å². The highest BCUT2D eigenvalue weighted by molar-refractivity contribution is 8.14. The van der Waals surface area contributed by atoms with Gasteiger partial charge in [0.25, 0.3) is 5.69 Å². The van der Waals surface area contributed by atoms with Crippen LogP contribution in [0.25, 0.3) is 0 Å². The number of aromatic carboxylic acids is 1. The van der Waals surface area contributed by atoms with E-state index < -0.39 is 28.0 Å². The summed E-state index contributed by atoms with van der Waals surface area (Å²) in [5, 5.41) is 28.4. The Labute approximate surface area is 179 Å². The summed E-state index contributed by atoms with van der Waals surface area (Å²) in [5.41, 5.74) is 5.79. The molecule has 2 aromatic carbocycles. The number of carbonyl (C=O) groups excluding carboxylic acids is 3. The normalized spacial score (nSPS) is 16.8. The van der Waals surface area contributed by atoms with Gasteiger partial charge in [-0.1, -0.05) is 36.0 Å². The lowest BCUT2D eigenvalue weighted by Gasteiger charge is -2.16. The summed E-state index contributed by atoms with van der Waals surface area (Å²) in [6.45, 7) is 0. The molecule has 0 aliphatic carbocycles. The SMILES string of the molecule is NC(=N/N=C\c1ccccc1[N+](=O)[O-])S[C@H]1CC(=O)N(c2cccc(C(=O)[O-])c2)C1=O. The molecule has 1 heterocycles. The first-order valence-electron chi connectivity index (χ1n) is 8.72. The van der Waals surface area contributed by atoms with Crippen molar-refractivity contribution < 1.29 is 24.4 Å². The van der Waals surface area contributed by atoms with Gasteiger partial charge in [-0.15, -0.1) is 5.10 Å².